The molecule has 1 N–H and O–H groups in total. The van der Waals surface area contributed by atoms with E-state index in [1.165, 1.54) is 0 Å². The molecular weight excluding hydrogens is 240 g/mol. The van der Waals surface area contributed by atoms with Gasteiger partial charge in [-0.2, -0.15) is 5.10 Å². The predicted octanol–water partition coefficient (Wildman–Crippen LogP) is 0.900. The molecule has 2 saturated heterocycles. The first-order chi connectivity index (χ1) is 9.01. The van der Waals surface area contributed by atoms with Gasteiger partial charge in [-0.25, -0.2) is 0 Å². The highest BCUT2D eigenvalue weighted by atomic mass is 16.2. The van der Waals surface area contributed by atoms with Gasteiger partial charge in [-0.1, -0.05) is 0 Å². The van der Waals surface area contributed by atoms with Crippen molar-refractivity contribution in [2.24, 2.45) is 11.8 Å². The Kier molecular flexibility index (Phi) is 2.89. The molecule has 0 aromatic carbocycles. The number of nitrogens with one attached hydrogen (secondary N) is 1. The van der Waals surface area contributed by atoms with Crippen LogP contribution in [-0.2, 0) is 4.79 Å². The number of nitrogens with zero attached hydrogens (tertiary/aromatic N) is 3. The minimum atomic E-state index is -0.221. The van der Waals surface area contributed by atoms with Gasteiger partial charge in [0, 0.05) is 37.6 Å². The van der Waals surface area contributed by atoms with Gasteiger partial charge >= 0.3 is 0 Å². The Bertz CT molecular complexity index is 468. The lowest BCUT2D eigenvalue weighted by atomic mass is 9.84. The number of carbonyl (C=O) groups is 1. The molecular formula is C14H22N4O. The number of hydrogen-bond acceptors (Lipinski definition) is 3. The number of amides is 1. The smallest absolute Gasteiger partial charge is 0.247 e. The highest BCUT2D eigenvalue weighted by molar-refractivity contribution is 5.81. The Morgan fingerprint density at radius 3 is 2.89 bits per heavy atom. The third-order valence-corrected chi connectivity index (χ3v) is 4.91. The first-order valence-corrected chi connectivity index (χ1v) is 7.03. The minimum Gasteiger partial charge on any atom is -0.335 e. The van der Waals surface area contributed by atoms with Crippen LogP contribution in [0.15, 0.2) is 18.5 Å². The highest BCUT2D eigenvalue weighted by Gasteiger charge is 2.51. The van der Waals surface area contributed by atoms with Crippen molar-refractivity contribution in [1.29, 1.82) is 0 Å². The predicted molar refractivity (Wildman–Crippen MR) is 72.6 cm³/mol. The summed E-state index contributed by atoms with van der Waals surface area (Å²) < 4.78 is 1.74. The summed E-state index contributed by atoms with van der Waals surface area (Å²) in [7, 11) is 0. The molecule has 3 atom stereocenters. The summed E-state index contributed by atoms with van der Waals surface area (Å²) in [4.78, 5) is 14.8. The van der Waals surface area contributed by atoms with Gasteiger partial charge in [0.15, 0.2) is 0 Å². The Morgan fingerprint density at radius 2 is 2.26 bits per heavy atom. The molecule has 2 fully saturated rings. The fourth-order valence-corrected chi connectivity index (χ4v) is 3.64. The first-order valence-electron chi connectivity index (χ1n) is 7.03. The average Bonchev–Trinajstić information content (AvgIpc) is 3.06. The van der Waals surface area contributed by atoms with Gasteiger partial charge in [0.05, 0.1) is 0 Å². The van der Waals surface area contributed by atoms with Crippen molar-refractivity contribution in [3.05, 3.63) is 18.5 Å². The highest BCUT2D eigenvalue weighted by Crippen LogP contribution is 2.41. The van der Waals surface area contributed by atoms with Crippen LogP contribution >= 0.6 is 0 Å². The van der Waals surface area contributed by atoms with Crippen molar-refractivity contribution in [2.45, 2.75) is 32.4 Å². The molecule has 3 unspecified atom stereocenters. The summed E-state index contributed by atoms with van der Waals surface area (Å²) in [6.07, 6.45) is 3.57. The van der Waals surface area contributed by atoms with E-state index in [-0.39, 0.29) is 17.5 Å². The second-order valence-corrected chi connectivity index (χ2v) is 6.29. The molecule has 1 aromatic rings. The number of aromatic nitrogens is 2. The van der Waals surface area contributed by atoms with Crippen LogP contribution in [0, 0.1) is 11.8 Å². The number of fused-ring (bicyclic) bond motifs is 1. The Balaban J connectivity index is 1.81. The molecule has 3 rings (SSSR count). The third-order valence-electron chi connectivity index (χ3n) is 4.91. The van der Waals surface area contributed by atoms with Gasteiger partial charge in [0.1, 0.15) is 6.04 Å². The Labute approximate surface area is 114 Å². The van der Waals surface area contributed by atoms with Gasteiger partial charge in [-0.05, 0) is 38.7 Å². The summed E-state index contributed by atoms with van der Waals surface area (Å²) in [5.74, 6) is 1.35. The lowest BCUT2D eigenvalue weighted by molar-refractivity contribution is -0.138. The topological polar surface area (TPSA) is 50.2 Å². The van der Waals surface area contributed by atoms with E-state index in [0.29, 0.717) is 11.8 Å². The molecule has 1 amide bonds. The zero-order valence-electron chi connectivity index (χ0n) is 11.8. The number of carbonyl (C=O) groups excluding carboxylic acids is 1. The monoisotopic (exact) mass is 262 g/mol. The average molecular weight is 262 g/mol. The largest absolute Gasteiger partial charge is 0.335 e. The van der Waals surface area contributed by atoms with Crippen LogP contribution in [0.4, 0.5) is 0 Å². The maximum Gasteiger partial charge on any atom is 0.247 e. The van der Waals surface area contributed by atoms with E-state index in [0.717, 1.165) is 19.6 Å². The van der Waals surface area contributed by atoms with Gasteiger partial charge in [0.25, 0.3) is 0 Å². The molecule has 1 aromatic heterocycles. The standard InChI is InChI=1S/C14H22N4O/c1-10(18-6-4-5-16-18)13(19)17-9-11-7-15-8-12(11)14(17,2)3/h4-6,10-12,15H,7-9H2,1-3H3. The van der Waals surface area contributed by atoms with Crippen LogP contribution in [0.2, 0.25) is 0 Å². The van der Waals surface area contributed by atoms with Gasteiger partial charge in [-0.3, -0.25) is 9.48 Å². The SMILES string of the molecule is CC(C(=O)N1CC2CNCC2C1(C)C)n1cccn1. The number of likely N-dealkylation sites (tertiary alicyclic amines) is 1. The lowest BCUT2D eigenvalue weighted by Crippen LogP contribution is -2.49. The van der Waals surface area contributed by atoms with Gasteiger partial charge < -0.3 is 10.2 Å². The lowest BCUT2D eigenvalue weighted by Gasteiger charge is -2.37. The van der Waals surface area contributed by atoms with Gasteiger partial charge in [-0.15, -0.1) is 0 Å². The second-order valence-electron chi connectivity index (χ2n) is 6.29. The fraction of sp³-hybridized carbons (Fsp3) is 0.714. The normalized spacial score (nSPS) is 30.4. The van der Waals surface area contributed by atoms with E-state index < -0.39 is 0 Å². The summed E-state index contributed by atoms with van der Waals surface area (Å²) in [5.41, 5.74) is -0.0628. The summed E-state index contributed by atoms with van der Waals surface area (Å²) in [6.45, 7) is 9.25. The summed E-state index contributed by atoms with van der Waals surface area (Å²) in [6, 6.07) is 1.64. The minimum absolute atomic E-state index is 0.0628. The molecule has 2 aliphatic rings. The van der Waals surface area contributed by atoms with Crippen LogP contribution in [0.3, 0.4) is 0 Å². The van der Waals surface area contributed by atoms with Crippen LogP contribution in [-0.4, -0.2) is 45.8 Å². The van der Waals surface area contributed by atoms with E-state index in [4.69, 9.17) is 0 Å². The van der Waals surface area contributed by atoms with E-state index in [1.54, 1.807) is 10.9 Å². The summed E-state index contributed by atoms with van der Waals surface area (Å²) >= 11 is 0. The zero-order chi connectivity index (χ0) is 13.6. The van der Waals surface area contributed by atoms with Crippen LogP contribution < -0.4 is 5.32 Å². The van der Waals surface area contributed by atoms with Crippen LogP contribution in [0.1, 0.15) is 26.8 Å². The number of hydrogen-bond donors (Lipinski definition) is 1. The molecule has 19 heavy (non-hydrogen) atoms. The van der Waals surface area contributed by atoms with Crippen LogP contribution in [0.25, 0.3) is 0 Å². The summed E-state index contributed by atoms with van der Waals surface area (Å²) in [5, 5.41) is 7.63. The van der Waals surface area contributed by atoms with Crippen molar-refractivity contribution in [1.82, 2.24) is 20.0 Å². The molecule has 104 valence electrons. The van der Waals surface area contributed by atoms with Crippen molar-refractivity contribution in [2.75, 3.05) is 19.6 Å². The van der Waals surface area contributed by atoms with Gasteiger partial charge in [0.2, 0.25) is 5.91 Å². The molecule has 0 aliphatic carbocycles. The maximum atomic E-state index is 12.7. The second kappa shape index (κ2) is 4.34. The quantitative estimate of drug-likeness (QED) is 0.861. The molecule has 0 bridgehead atoms. The molecule has 2 aliphatic heterocycles. The number of rotatable bonds is 2. The van der Waals surface area contributed by atoms with Crippen molar-refractivity contribution < 1.29 is 4.79 Å². The van der Waals surface area contributed by atoms with Crippen molar-refractivity contribution in [3.63, 3.8) is 0 Å². The van der Waals surface area contributed by atoms with E-state index >= 15 is 0 Å². The molecule has 0 spiro atoms. The fourth-order valence-electron chi connectivity index (χ4n) is 3.64. The zero-order valence-corrected chi connectivity index (χ0v) is 11.8. The molecule has 0 saturated carbocycles. The maximum absolute atomic E-state index is 12.7. The van der Waals surface area contributed by atoms with Crippen LogP contribution in [0.5, 0.6) is 0 Å². The Hall–Kier alpha value is -1.36. The first kappa shape index (κ1) is 12.7. The molecule has 0 radical (unpaired) electrons. The molecule has 3 heterocycles. The van der Waals surface area contributed by atoms with Crippen molar-refractivity contribution >= 4 is 5.91 Å². The van der Waals surface area contributed by atoms with E-state index in [1.807, 2.05) is 19.2 Å². The molecule has 5 nitrogen and oxygen atoms in total. The Morgan fingerprint density at radius 1 is 1.47 bits per heavy atom. The van der Waals surface area contributed by atoms with E-state index in [9.17, 15) is 4.79 Å². The van der Waals surface area contributed by atoms with E-state index in [2.05, 4.69) is 29.2 Å². The van der Waals surface area contributed by atoms with Crippen molar-refractivity contribution in [3.8, 4) is 0 Å². The third kappa shape index (κ3) is 1.87. The molecule has 5 heteroatoms.